The highest BCUT2D eigenvalue weighted by Gasteiger charge is 2.54. The minimum Gasteiger partial charge on any atom is -0.472 e. The van der Waals surface area contributed by atoms with Crippen molar-refractivity contribution in [3.8, 4) is 34.6 Å². The molecule has 7 heterocycles. The smallest absolute Gasteiger partial charge is 0.412 e. The molecule has 4 saturated heterocycles. The third-order valence-corrected chi connectivity index (χ3v) is 21.3. The molecular weight excluding hydrogens is 866 g/mol. The number of hydrogen-bond acceptors (Lipinski definition) is 10. The fraction of sp³-hybridized carbons (Fsp3) is 0.519. The molecule has 0 aliphatic carbocycles. The van der Waals surface area contributed by atoms with E-state index in [9.17, 15) is 14.7 Å². The number of ether oxygens (including phenoxy) is 3. The lowest BCUT2D eigenvalue weighted by Gasteiger charge is -2.47. The minimum absolute atomic E-state index is 0.00993. The number of aromatic nitrogens is 3. The summed E-state index contributed by atoms with van der Waals surface area (Å²) in [4.78, 5) is 47.0. The average Bonchev–Trinajstić information content (AvgIpc) is 3.80. The Bertz CT molecular complexity index is 2750. The number of nitrogens with one attached hydrogen (secondary N) is 1. The van der Waals surface area contributed by atoms with Gasteiger partial charge in [-0.2, -0.15) is 9.97 Å². The molecule has 13 nitrogen and oxygen atoms in total. The Labute approximate surface area is 394 Å². The van der Waals surface area contributed by atoms with Crippen molar-refractivity contribution in [2.45, 2.75) is 147 Å². The van der Waals surface area contributed by atoms with E-state index in [2.05, 4.69) is 81.3 Å². The summed E-state index contributed by atoms with van der Waals surface area (Å²) in [6, 6.07) is 8.16. The van der Waals surface area contributed by atoms with E-state index in [1.807, 2.05) is 31.2 Å². The van der Waals surface area contributed by atoms with Gasteiger partial charge in [0.05, 0.1) is 23.7 Å². The number of carbonyl (C=O) groups is 2. The van der Waals surface area contributed by atoms with Crippen LogP contribution in [0.2, 0.25) is 16.6 Å². The lowest BCUT2D eigenvalue weighted by molar-refractivity contribution is 0.0634. The van der Waals surface area contributed by atoms with Crippen LogP contribution in [0.25, 0.3) is 32.9 Å². The first kappa shape index (κ1) is 46.4. The summed E-state index contributed by atoms with van der Waals surface area (Å²) in [5.74, 6) is 3.41. The van der Waals surface area contributed by atoms with Crippen molar-refractivity contribution < 1.29 is 33.3 Å². The van der Waals surface area contributed by atoms with Gasteiger partial charge in [-0.05, 0) is 93.6 Å². The maximum absolute atomic E-state index is 18.3. The Kier molecular flexibility index (Phi) is 11.6. The van der Waals surface area contributed by atoms with E-state index < -0.39 is 49.9 Å². The molecule has 4 fully saturated rings. The number of carboxylic acid groups (broad SMARTS) is 1. The summed E-state index contributed by atoms with van der Waals surface area (Å²) >= 11 is 0. The number of fused-ring (bicyclic) bond motifs is 7. The van der Waals surface area contributed by atoms with Crippen LogP contribution in [0.5, 0.6) is 11.9 Å². The van der Waals surface area contributed by atoms with Crippen molar-refractivity contribution in [3.63, 3.8) is 0 Å². The molecule has 4 unspecified atom stereocenters. The van der Waals surface area contributed by atoms with E-state index in [0.29, 0.717) is 69.4 Å². The zero-order valence-electron chi connectivity index (χ0n) is 40.5. The molecule has 2 aromatic heterocycles. The number of benzene rings is 2. The zero-order valence-corrected chi connectivity index (χ0v) is 41.5. The highest BCUT2D eigenvalue weighted by molar-refractivity contribution is 6.90. The van der Waals surface area contributed by atoms with Crippen molar-refractivity contribution >= 4 is 53.4 Å². The predicted octanol–water partition coefficient (Wildman–Crippen LogP) is 10.7. The standard InChI is InChI=1S/C52H64FN7O6Si/c1-28(2)67(29(3)4,30(5)6)19-18-34-14-13-15-35-20-36(54-49(61)66-51(10,11)12)21-38(40(34)35)43-42(53)44-41-46(57-48(56-44)64-27-52-22-31(7)24-58(52)25-32(8)23-52)59-26-37-16-17-39(60(37)50(62)63)45(59)33(9)65-47(41)55-43/h13-15,20-21,28-30,33,37,39,45H,7-8,16-17,22-27H2,1-6,9-12H3,(H,54,61)(H,62,63). The first-order chi connectivity index (χ1) is 31.6. The SMILES string of the molecule is C=C1CN2CC(=C)CC2(COc2nc3c4c(nc(-c5cc(NC(=O)OC(C)(C)C)cc6cccc(C#C[Si](C(C)C)(C(C)C)C(C)C)c56)c(F)c4n2)OC(C)C2C4CCC(CN32)N4C(=O)O)C1. The second-order valence-corrected chi connectivity index (χ2v) is 27.1. The van der Waals surface area contributed by atoms with Crippen molar-refractivity contribution in [1.82, 2.24) is 24.8 Å². The quantitative estimate of drug-likeness (QED) is 0.0990. The molecule has 9 rings (SSSR count). The normalized spacial score (nSPS) is 22.2. The predicted molar refractivity (Wildman–Crippen MR) is 263 cm³/mol. The van der Waals surface area contributed by atoms with Gasteiger partial charge in [0.2, 0.25) is 5.88 Å². The maximum atomic E-state index is 18.3. The molecule has 5 aliphatic heterocycles. The monoisotopic (exact) mass is 929 g/mol. The highest BCUT2D eigenvalue weighted by Crippen LogP contribution is 2.49. The second-order valence-electron chi connectivity index (χ2n) is 21.5. The van der Waals surface area contributed by atoms with Crippen LogP contribution in [-0.4, -0.2) is 112 Å². The van der Waals surface area contributed by atoms with Gasteiger partial charge in [-0.25, -0.2) is 19.0 Å². The summed E-state index contributed by atoms with van der Waals surface area (Å²) < 4.78 is 37.4. The number of anilines is 2. The Balaban J connectivity index is 1.28. The second kappa shape index (κ2) is 16.8. The Morgan fingerprint density at radius 1 is 1.01 bits per heavy atom. The molecule has 2 N–H and O–H groups in total. The highest BCUT2D eigenvalue weighted by atomic mass is 28.3. The zero-order chi connectivity index (χ0) is 48.1. The van der Waals surface area contributed by atoms with Crippen molar-refractivity contribution in [2.24, 2.45) is 0 Å². The number of halogens is 1. The van der Waals surface area contributed by atoms with Gasteiger partial charge >= 0.3 is 18.2 Å². The first-order valence-electron chi connectivity index (χ1n) is 23.8. The van der Waals surface area contributed by atoms with Crippen LogP contribution in [0.4, 0.5) is 25.5 Å². The number of carbonyl (C=O) groups excluding carboxylic acids is 1. The molecule has 5 aliphatic rings. The number of pyridine rings is 1. The Morgan fingerprint density at radius 2 is 1.70 bits per heavy atom. The van der Waals surface area contributed by atoms with Gasteiger partial charge in [0.1, 0.15) is 48.8 Å². The summed E-state index contributed by atoms with van der Waals surface area (Å²) in [7, 11) is -2.23. The van der Waals surface area contributed by atoms with Crippen LogP contribution in [-0.2, 0) is 4.74 Å². The van der Waals surface area contributed by atoms with Gasteiger partial charge < -0.3 is 24.2 Å². The van der Waals surface area contributed by atoms with Crippen LogP contribution < -0.4 is 19.7 Å². The molecule has 15 heteroatoms. The number of hydrogen-bond donors (Lipinski definition) is 2. The molecule has 0 saturated carbocycles. The van der Waals surface area contributed by atoms with Gasteiger partial charge in [-0.1, -0.05) is 83.9 Å². The molecule has 354 valence electrons. The molecule has 4 atom stereocenters. The molecule has 67 heavy (non-hydrogen) atoms. The number of piperazine rings is 1. The third kappa shape index (κ3) is 7.97. The molecule has 0 radical (unpaired) electrons. The summed E-state index contributed by atoms with van der Waals surface area (Å²) in [6.45, 7) is 31.5. The van der Waals surface area contributed by atoms with Gasteiger partial charge in [-0.3, -0.25) is 15.1 Å². The van der Waals surface area contributed by atoms with Gasteiger partial charge in [-0.15, -0.1) is 5.54 Å². The summed E-state index contributed by atoms with van der Waals surface area (Å²) in [5.41, 5.74) is 7.40. The molecule has 2 bridgehead atoms. The lowest BCUT2D eigenvalue weighted by atomic mass is 9.92. The van der Waals surface area contributed by atoms with Gasteiger partial charge in [0.15, 0.2) is 5.82 Å². The number of nitrogens with zero attached hydrogens (tertiary/aromatic N) is 6. The molecule has 2 aromatic carbocycles. The largest absolute Gasteiger partial charge is 0.472 e. The molecule has 4 aromatic rings. The van der Waals surface area contributed by atoms with Crippen LogP contribution in [0.3, 0.4) is 0 Å². The van der Waals surface area contributed by atoms with Crippen LogP contribution in [0.15, 0.2) is 54.6 Å². The fourth-order valence-electron chi connectivity index (χ4n) is 12.4. The summed E-state index contributed by atoms with van der Waals surface area (Å²) in [5, 5.41) is 15.0. The first-order valence-corrected chi connectivity index (χ1v) is 26.0. The van der Waals surface area contributed by atoms with E-state index in [0.717, 1.165) is 37.1 Å². The van der Waals surface area contributed by atoms with Crippen LogP contribution in [0.1, 0.15) is 100 Å². The lowest BCUT2D eigenvalue weighted by Crippen LogP contribution is -2.64. The minimum atomic E-state index is -2.23. The van der Waals surface area contributed by atoms with Gasteiger partial charge in [0.25, 0.3) is 0 Å². The number of rotatable bonds is 8. The van der Waals surface area contributed by atoms with Crippen LogP contribution in [0, 0.1) is 17.3 Å². The van der Waals surface area contributed by atoms with Crippen molar-refractivity contribution in [3.05, 3.63) is 66.0 Å². The topological polar surface area (TPSA) is 142 Å². The Hall–Kier alpha value is -5.72. The number of amides is 2. The van der Waals surface area contributed by atoms with Crippen LogP contribution >= 0.6 is 0 Å². The molecule has 0 spiro atoms. The molecular formula is C52H64FN7O6Si. The third-order valence-electron chi connectivity index (χ3n) is 15.0. The van der Waals surface area contributed by atoms with Crippen molar-refractivity contribution in [2.75, 3.05) is 36.5 Å². The summed E-state index contributed by atoms with van der Waals surface area (Å²) in [6.07, 6.45) is 0.536. The Morgan fingerprint density at radius 3 is 2.34 bits per heavy atom. The molecule has 2 amide bonds. The van der Waals surface area contributed by atoms with E-state index in [1.54, 1.807) is 31.7 Å². The van der Waals surface area contributed by atoms with E-state index >= 15 is 4.39 Å². The van der Waals surface area contributed by atoms with E-state index in [-0.39, 0.29) is 46.7 Å². The van der Waals surface area contributed by atoms with Gasteiger partial charge in [0, 0.05) is 41.8 Å². The average molecular weight is 930 g/mol. The van der Waals surface area contributed by atoms with E-state index in [4.69, 9.17) is 29.2 Å². The fourth-order valence-corrected chi connectivity index (χ4v) is 17.7. The van der Waals surface area contributed by atoms with E-state index in [1.165, 1.54) is 0 Å². The van der Waals surface area contributed by atoms with Crippen molar-refractivity contribution in [1.29, 1.82) is 0 Å². The maximum Gasteiger partial charge on any atom is 0.412 e.